The molecular formula is C26H32N2O9. The maximum Gasteiger partial charge on any atom is 0.254 e. The summed E-state index contributed by atoms with van der Waals surface area (Å²) in [6.07, 6.45) is -1.09. The number of aromatic nitrogens is 1. The molecule has 6 rings (SSSR count). The Morgan fingerprint density at radius 3 is 2.65 bits per heavy atom. The number of fused-ring (bicyclic) bond motifs is 5. The fourth-order valence-electron chi connectivity index (χ4n) is 6.50. The summed E-state index contributed by atoms with van der Waals surface area (Å²) in [6, 6.07) is -0.293. The van der Waals surface area contributed by atoms with Crippen molar-refractivity contribution in [3.8, 4) is 0 Å². The van der Waals surface area contributed by atoms with Gasteiger partial charge < -0.3 is 44.5 Å². The summed E-state index contributed by atoms with van der Waals surface area (Å²) in [5.74, 6) is -1.05. The second-order valence-corrected chi connectivity index (χ2v) is 10.5. The summed E-state index contributed by atoms with van der Waals surface area (Å²) >= 11 is 0. The van der Waals surface area contributed by atoms with E-state index < -0.39 is 49.5 Å². The van der Waals surface area contributed by atoms with Gasteiger partial charge in [-0.15, -0.1) is 6.58 Å². The number of piperidine rings is 1. The molecule has 11 heteroatoms. The first-order valence-corrected chi connectivity index (χ1v) is 12.9. The predicted molar refractivity (Wildman–Crippen MR) is 127 cm³/mol. The molecule has 2 fully saturated rings. The van der Waals surface area contributed by atoms with Crippen LogP contribution >= 0.6 is 0 Å². The van der Waals surface area contributed by atoms with Crippen LogP contribution in [0.25, 0.3) is 0 Å². The second-order valence-electron chi connectivity index (χ2n) is 10.5. The van der Waals surface area contributed by atoms with Crippen molar-refractivity contribution >= 4 is 5.91 Å². The highest BCUT2D eigenvalue weighted by molar-refractivity contribution is 5.95. The van der Waals surface area contributed by atoms with Crippen LogP contribution in [0.2, 0.25) is 0 Å². The van der Waals surface area contributed by atoms with E-state index in [0.717, 1.165) is 42.6 Å². The Labute approximate surface area is 213 Å². The van der Waals surface area contributed by atoms with E-state index in [-0.39, 0.29) is 29.8 Å². The number of hydrogen-bond acceptors (Lipinski definition) is 9. The third-order valence-corrected chi connectivity index (χ3v) is 8.55. The van der Waals surface area contributed by atoms with Crippen LogP contribution in [0, 0.1) is 11.8 Å². The minimum absolute atomic E-state index is 0.0444. The van der Waals surface area contributed by atoms with Crippen LogP contribution in [0.4, 0.5) is 0 Å². The fraction of sp³-hybridized carbons (Fsp3) is 0.615. The Morgan fingerprint density at radius 1 is 1.11 bits per heavy atom. The number of aromatic amines is 1. The van der Waals surface area contributed by atoms with E-state index in [9.17, 15) is 30.0 Å². The average molecular weight is 517 g/mol. The summed E-state index contributed by atoms with van der Waals surface area (Å²) < 4.78 is 17.1. The summed E-state index contributed by atoms with van der Waals surface area (Å²) in [4.78, 5) is 32.0. The number of amides is 1. The molecule has 1 aromatic rings. The Balaban J connectivity index is 1.28. The molecule has 0 bridgehead atoms. The third kappa shape index (κ3) is 3.79. The lowest BCUT2D eigenvalue weighted by atomic mass is 9.76. The molecule has 5 aliphatic rings. The molecule has 0 aromatic carbocycles. The number of ether oxygens (including phenoxy) is 3. The number of hydrogen-bond donors (Lipinski definition) is 5. The maximum atomic E-state index is 13.5. The fourth-order valence-corrected chi connectivity index (χ4v) is 6.50. The van der Waals surface area contributed by atoms with E-state index in [1.165, 1.54) is 6.26 Å². The molecule has 5 heterocycles. The van der Waals surface area contributed by atoms with Gasteiger partial charge in [0.05, 0.1) is 31.0 Å². The van der Waals surface area contributed by atoms with Gasteiger partial charge in [0.2, 0.25) is 6.29 Å². The monoisotopic (exact) mass is 516 g/mol. The van der Waals surface area contributed by atoms with Gasteiger partial charge in [0.25, 0.3) is 5.91 Å². The largest absolute Gasteiger partial charge is 0.471 e. The van der Waals surface area contributed by atoms with Gasteiger partial charge in [-0.2, -0.15) is 0 Å². The molecule has 1 amide bonds. The van der Waals surface area contributed by atoms with E-state index in [1.54, 1.807) is 11.0 Å². The number of pyridine rings is 1. The quantitative estimate of drug-likeness (QED) is 0.333. The Bertz CT molecular complexity index is 1190. The van der Waals surface area contributed by atoms with Crippen LogP contribution in [0.5, 0.6) is 0 Å². The molecule has 2 saturated heterocycles. The van der Waals surface area contributed by atoms with E-state index in [4.69, 9.17) is 14.2 Å². The zero-order valence-corrected chi connectivity index (χ0v) is 20.3. The smallest absolute Gasteiger partial charge is 0.254 e. The standard InChI is InChI=1S/C26H32N2O9/c1-2-11-13-7-17-19-14(20(30)12-5-3-4-6-16(12)27-19)8-28(17)24(34)15(13)10-35-25(11)37-26-23(33)22(32)21(31)18(9-29)36-26/h2,10-11,13,17-18,21-23,25-26,29,31-33H,1,3-9H2,(H,27,30)/t11-,13+,17+,18-,21-,22+,23-,25+,26+/m1/s1. The minimum Gasteiger partial charge on any atom is -0.471 e. The van der Waals surface area contributed by atoms with E-state index in [0.29, 0.717) is 17.6 Å². The van der Waals surface area contributed by atoms with Crippen molar-refractivity contribution < 1.29 is 39.4 Å². The minimum atomic E-state index is -1.59. The van der Waals surface area contributed by atoms with Crippen molar-refractivity contribution in [3.05, 3.63) is 57.2 Å². The highest BCUT2D eigenvalue weighted by Gasteiger charge is 2.52. The molecule has 9 atom stereocenters. The van der Waals surface area contributed by atoms with Crippen molar-refractivity contribution in [2.45, 2.75) is 81.7 Å². The van der Waals surface area contributed by atoms with Crippen LogP contribution in [0.3, 0.4) is 0 Å². The Kier molecular flexibility index (Phi) is 6.25. The maximum absolute atomic E-state index is 13.5. The van der Waals surface area contributed by atoms with Crippen molar-refractivity contribution in [1.82, 2.24) is 9.88 Å². The van der Waals surface area contributed by atoms with Crippen LogP contribution in [0.15, 0.2) is 29.3 Å². The highest BCUT2D eigenvalue weighted by Crippen LogP contribution is 2.48. The van der Waals surface area contributed by atoms with Gasteiger partial charge in [0.15, 0.2) is 11.7 Å². The van der Waals surface area contributed by atoms with E-state index in [1.807, 2.05) is 0 Å². The molecule has 11 nitrogen and oxygen atoms in total. The molecule has 1 aliphatic carbocycles. The molecule has 0 radical (unpaired) electrons. The van der Waals surface area contributed by atoms with Crippen LogP contribution in [-0.2, 0) is 38.4 Å². The summed E-state index contributed by atoms with van der Waals surface area (Å²) in [6.45, 7) is 3.60. The number of H-pyrrole nitrogens is 1. The van der Waals surface area contributed by atoms with Crippen molar-refractivity contribution in [1.29, 1.82) is 0 Å². The molecule has 5 N–H and O–H groups in total. The lowest BCUT2D eigenvalue weighted by Crippen LogP contribution is -2.60. The summed E-state index contributed by atoms with van der Waals surface area (Å²) in [7, 11) is 0. The molecule has 200 valence electrons. The number of carbonyl (C=O) groups is 1. The summed E-state index contributed by atoms with van der Waals surface area (Å²) in [5, 5.41) is 40.1. The lowest BCUT2D eigenvalue weighted by Gasteiger charge is -2.45. The van der Waals surface area contributed by atoms with Crippen molar-refractivity contribution in [3.63, 3.8) is 0 Å². The Morgan fingerprint density at radius 2 is 1.89 bits per heavy atom. The summed E-state index contributed by atoms with van der Waals surface area (Å²) in [5.41, 5.74) is 3.78. The normalized spacial score (nSPS) is 38.6. The number of nitrogens with one attached hydrogen (secondary N) is 1. The van der Waals surface area contributed by atoms with Crippen molar-refractivity contribution in [2.75, 3.05) is 6.61 Å². The molecule has 4 aliphatic heterocycles. The molecular weight excluding hydrogens is 484 g/mol. The first-order valence-electron chi connectivity index (χ1n) is 12.9. The van der Waals surface area contributed by atoms with Crippen LogP contribution < -0.4 is 5.43 Å². The van der Waals surface area contributed by atoms with Gasteiger partial charge in [-0.25, -0.2) is 0 Å². The zero-order chi connectivity index (χ0) is 26.0. The van der Waals surface area contributed by atoms with Gasteiger partial charge >= 0.3 is 0 Å². The molecule has 0 saturated carbocycles. The topological polar surface area (TPSA) is 162 Å². The number of carbonyl (C=O) groups excluding carboxylic acids is 1. The van der Waals surface area contributed by atoms with Gasteiger partial charge in [-0.05, 0) is 32.1 Å². The molecule has 37 heavy (non-hydrogen) atoms. The van der Waals surface area contributed by atoms with Gasteiger partial charge in [0.1, 0.15) is 24.4 Å². The zero-order valence-electron chi connectivity index (χ0n) is 20.3. The SMILES string of the molecule is C=C[C@H]1[C@H](O[C@@H]2O[C@H](CO)[C@@H](O)[C@H](O)[C@H]2O)OC=C2C(=O)N3Cc4c([nH]c5c(c4=O)CCCC5)[C@@H]3C[C@H]21. The first-order chi connectivity index (χ1) is 17.8. The van der Waals surface area contributed by atoms with E-state index in [2.05, 4.69) is 11.6 Å². The highest BCUT2D eigenvalue weighted by atomic mass is 16.8. The third-order valence-electron chi connectivity index (χ3n) is 8.55. The average Bonchev–Trinajstić information content (AvgIpc) is 3.28. The van der Waals surface area contributed by atoms with Gasteiger partial charge in [0, 0.05) is 34.4 Å². The number of nitrogens with zero attached hydrogens (tertiary/aromatic N) is 1. The predicted octanol–water partition coefficient (Wildman–Crippen LogP) is -0.484. The molecule has 0 unspecified atom stereocenters. The van der Waals surface area contributed by atoms with Gasteiger partial charge in [-0.3, -0.25) is 9.59 Å². The van der Waals surface area contributed by atoms with Crippen molar-refractivity contribution in [2.24, 2.45) is 11.8 Å². The van der Waals surface area contributed by atoms with E-state index >= 15 is 0 Å². The number of aliphatic hydroxyl groups is 4. The van der Waals surface area contributed by atoms with Gasteiger partial charge in [-0.1, -0.05) is 6.08 Å². The lowest BCUT2D eigenvalue weighted by molar-refractivity contribution is -0.339. The van der Waals surface area contributed by atoms with Crippen LogP contribution in [0.1, 0.15) is 47.8 Å². The Hall–Kier alpha value is -2.54. The number of aryl methyl sites for hydroxylation is 1. The second kappa shape index (κ2) is 9.33. The van der Waals surface area contributed by atoms with Crippen LogP contribution in [-0.4, -0.2) is 79.8 Å². The molecule has 1 aromatic heterocycles. The number of rotatable bonds is 4. The number of aliphatic hydroxyl groups excluding tert-OH is 4. The molecule has 0 spiro atoms. The first kappa shape index (κ1) is 24.8.